The van der Waals surface area contributed by atoms with Gasteiger partial charge in [-0.05, 0) is 65.7 Å². The van der Waals surface area contributed by atoms with E-state index in [1.54, 1.807) is 0 Å². The Morgan fingerprint density at radius 1 is 0.340 bits per heavy atom. The molecule has 4 heteroatoms. The molecule has 0 saturated heterocycles. The van der Waals surface area contributed by atoms with Crippen LogP contribution in [0.5, 0.6) is 0 Å². The Morgan fingerprint density at radius 3 is 1.54 bits per heavy atom. The topological polar surface area (TPSA) is 35.6 Å². The molecular weight excluding hydrogens is 609 g/mol. The summed E-state index contributed by atoms with van der Waals surface area (Å²) in [5, 5.41) is 4.54. The van der Waals surface area contributed by atoms with Gasteiger partial charge in [0.25, 0.3) is 0 Å². The van der Waals surface area contributed by atoms with E-state index in [4.69, 9.17) is 9.97 Å². The first-order valence-electron chi connectivity index (χ1n) is 16.9. The molecule has 0 unspecified atom stereocenters. The average molecular weight is 639 g/mol. The summed E-state index contributed by atoms with van der Waals surface area (Å²) in [6.07, 6.45) is 0. The van der Waals surface area contributed by atoms with Crippen LogP contribution in [0.2, 0.25) is 0 Å². The summed E-state index contributed by atoms with van der Waals surface area (Å²) in [5.74, 6) is 0.693. The second kappa shape index (κ2) is 11.4. The lowest BCUT2D eigenvalue weighted by molar-refractivity contribution is 1.11. The van der Waals surface area contributed by atoms with Crippen molar-refractivity contribution in [2.24, 2.45) is 0 Å². The van der Waals surface area contributed by atoms with Crippen LogP contribution in [0.3, 0.4) is 0 Å². The quantitative estimate of drug-likeness (QED) is 0.188. The number of nitrogens with zero attached hydrogens (tertiary/aromatic N) is 4. The highest BCUT2D eigenvalue weighted by molar-refractivity contribution is 6.14. The molecule has 3 heterocycles. The number of para-hydroxylation sites is 4. The van der Waals surface area contributed by atoms with Gasteiger partial charge < -0.3 is 4.57 Å². The largest absolute Gasteiger partial charge is 0.309 e. The van der Waals surface area contributed by atoms with Crippen LogP contribution in [-0.4, -0.2) is 19.1 Å². The fourth-order valence-electron chi connectivity index (χ4n) is 7.45. The van der Waals surface area contributed by atoms with E-state index in [0.717, 1.165) is 55.6 Å². The number of benzene rings is 7. The van der Waals surface area contributed by atoms with Gasteiger partial charge in [0.1, 0.15) is 5.65 Å². The van der Waals surface area contributed by atoms with E-state index in [1.165, 1.54) is 27.4 Å². The molecule has 4 nitrogen and oxygen atoms in total. The molecule has 7 aromatic carbocycles. The maximum absolute atomic E-state index is 5.42. The maximum atomic E-state index is 5.42. The van der Waals surface area contributed by atoms with Crippen molar-refractivity contribution < 1.29 is 0 Å². The van der Waals surface area contributed by atoms with Gasteiger partial charge in [-0.15, -0.1) is 0 Å². The Morgan fingerprint density at radius 2 is 0.840 bits per heavy atom. The molecule has 0 radical (unpaired) electrons. The van der Waals surface area contributed by atoms with Crippen molar-refractivity contribution >= 4 is 43.7 Å². The molecule has 0 saturated carbocycles. The first-order chi connectivity index (χ1) is 24.8. The fourth-order valence-corrected chi connectivity index (χ4v) is 7.45. The van der Waals surface area contributed by atoms with Crippen LogP contribution in [0, 0.1) is 0 Å². The van der Waals surface area contributed by atoms with Crippen molar-refractivity contribution in [1.82, 2.24) is 19.1 Å². The third-order valence-electron chi connectivity index (χ3n) is 9.74. The minimum atomic E-state index is 0.693. The lowest BCUT2D eigenvalue weighted by atomic mass is 10.0. The van der Waals surface area contributed by atoms with Gasteiger partial charge in [0, 0.05) is 38.7 Å². The average Bonchev–Trinajstić information content (AvgIpc) is 3.71. The van der Waals surface area contributed by atoms with Crippen molar-refractivity contribution in [3.8, 4) is 45.1 Å². The molecule has 10 aromatic rings. The van der Waals surface area contributed by atoms with Crippen LogP contribution in [0.4, 0.5) is 0 Å². The zero-order chi connectivity index (χ0) is 33.0. The second-order valence-electron chi connectivity index (χ2n) is 12.6. The van der Waals surface area contributed by atoms with Gasteiger partial charge in [0.15, 0.2) is 5.82 Å². The molecule has 3 aromatic heterocycles. The number of hydrogen-bond donors (Lipinski definition) is 0. The van der Waals surface area contributed by atoms with E-state index in [0.29, 0.717) is 5.82 Å². The Bertz CT molecular complexity index is 2830. The van der Waals surface area contributed by atoms with E-state index in [2.05, 4.69) is 191 Å². The molecule has 10 rings (SSSR count). The summed E-state index contributed by atoms with van der Waals surface area (Å²) < 4.78 is 4.61. The zero-order valence-corrected chi connectivity index (χ0v) is 27.1. The first-order valence-corrected chi connectivity index (χ1v) is 16.9. The molecule has 0 bridgehead atoms. The SMILES string of the molecule is c1ccc(-c2ccc(-c3nc(-c4ccc5c(c4)c4ccccc4n5-c4ccccc4)nc4c3c3ccccc3n4-c3ccccc3)cc2)cc1. The van der Waals surface area contributed by atoms with Crippen LogP contribution >= 0.6 is 0 Å². The lowest BCUT2D eigenvalue weighted by Gasteiger charge is -2.11. The molecule has 0 spiro atoms. The molecule has 0 atom stereocenters. The van der Waals surface area contributed by atoms with Gasteiger partial charge in [-0.2, -0.15) is 0 Å². The standard InChI is InChI=1S/C46H30N4/c1-4-14-31(15-5-1)32-24-26-33(27-25-32)44-43-38-21-11-13-23-41(38)50(36-18-8-3-9-19-36)46(43)48-45(47-44)34-28-29-42-39(30-34)37-20-10-12-22-40(37)49(42)35-16-6-2-7-17-35/h1-30H. The molecule has 50 heavy (non-hydrogen) atoms. The van der Waals surface area contributed by atoms with E-state index < -0.39 is 0 Å². The van der Waals surface area contributed by atoms with Gasteiger partial charge >= 0.3 is 0 Å². The third kappa shape index (κ3) is 4.46. The number of aromatic nitrogens is 4. The molecule has 0 amide bonds. The Balaban J connectivity index is 1.25. The monoisotopic (exact) mass is 638 g/mol. The number of fused-ring (bicyclic) bond motifs is 6. The van der Waals surface area contributed by atoms with Gasteiger partial charge in [-0.1, -0.05) is 127 Å². The van der Waals surface area contributed by atoms with E-state index in [-0.39, 0.29) is 0 Å². The van der Waals surface area contributed by atoms with E-state index >= 15 is 0 Å². The fraction of sp³-hybridized carbons (Fsp3) is 0. The first kappa shape index (κ1) is 28.3. The smallest absolute Gasteiger partial charge is 0.162 e. The molecule has 0 aliphatic heterocycles. The van der Waals surface area contributed by atoms with E-state index in [9.17, 15) is 0 Å². The van der Waals surface area contributed by atoms with Crippen molar-refractivity contribution in [3.63, 3.8) is 0 Å². The number of rotatable bonds is 5. The van der Waals surface area contributed by atoms with Gasteiger partial charge in [0.2, 0.25) is 0 Å². The van der Waals surface area contributed by atoms with Crippen molar-refractivity contribution in [2.45, 2.75) is 0 Å². The highest BCUT2D eigenvalue weighted by atomic mass is 15.1. The van der Waals surface area contributed by atoms with Crippen LogP contribution in [0.1, 0.15) is 0 Å². The summed E-state index contributed by atoms with van der Waals surface area (Å²) >= 11 is 0. The predicted molar refractivity (Wildman–Crippen MR) is 207 cm³/mol. The molecule has 0 aliphatic rings. The molecule has 0 N–H and O–H groups in total. The van der Waals surface area contributed by atoms with Crippen molar-refractivity contribution in [3.05, 3.63) is 182 Å². The van der Waals surface area contributed by atoms with Crippen molar-refractivity contribution in [2.75, 3.05) is 0 Å². The predicted octanol–water partition coefficient (Wildman–Crippen LogP) is 11.7. The molecular formula is C46H30N4. The van der Waals surface area contributed by atoms with E-state index in [1.807, 2.05) is 0 Å². The maximum Gasteiger partial charge on any atom is 0.162 e. The highest BCUT2D eigenvalue weighted by Crippen LogP contribution is 2.40. The minimum Gasteiger partial charge on any atom is -0.309 e. The van der Waals surface area contributed by atoms with Crippen LogP contribution in [0.25, 0.3) is 88.9 Å². The normalized spacial score (nSPS) is 11.6. The van der Waals surface area contributed by atoms with Crippen LogP contribution in [0.15, 0.2) is 182 Å². The minimum absolute atomic E-state index is 0.693. The van der Waals surface area contributed by atoms with Crippen LogP contribution < -0.4 is 0 Å². The summed E-state index contributed by atoms with van der Waals surface area (Å²) in [6, 6.07) is 64.2. The van der Waals surface area contributed by atoms with Gasteiger partial charge in [0.05, 0.1) is 27.6 Å². The second-order valence-corrected chi connectivity index (χ2v) is 12.6. The lowest BCUT2D eigenvalue weighted by Crippen LogP contribution is -1.99. The Hall–Kier alpha value is -6.78. The summed E-state index contributed by atoms with van der Waals surface area (Å²) in [5.41, 5.74) is 11.8. The van der Waals surface area contributed by atoms with Gasteiger partial charge in [-0.3, -0.25) is 4.57 Å². The molecule has 234 valence electrons. The molecule has 0 fully saturated rings. The highest BCUT2D eigenvalue weighted by Gasteiger charge is 2.21. The zero-order valence-electron chi connectivity index (χ0n) is 27.1. The Kier molecular flexibility index (Phi) is 6.46. The summed E-state index contributed by atoms with van der Waals surface area (Å²) in [7, 11) is 0. The Labute approximate surface area is 289 Å². The summed E-state index contributed by atoms with van der Waals surface area (Å²) in [6.45, 7) is 0. The van der Waals surface area contributed by atoms with Crippen molar-refractivity contribution in [1.29, 1.82) is 0 Å². The summed E-state index contributed by atoms with van der Waals surface area (Å²) in [4.78, 5) is 10.8. The number of hydrogen-bond acceptors (Lipinski definition) is 2. The molecule has 0 aliphatic carbocycles. The van der Waals surface area contributed by atoms with Gasteiger partial charge in [-0.25, -0.2) is 9.97 Å². The van der Waals surface area contributed by atoms with Crippen LogP contribution in [-0.2, 0) is 0 Å². The third-order valence-corrected chi connectivity index (χ3v) is 9.74.